The summed E-state index contributed by atoms with van der Waals surface area (Å²) in [5, 5.41) is 0. The Labute approximate surface area is 143 Å². The maximum absolute atomic E-state index is 6.34. The van der Waals surface area contributed by atoms with Gasteiger partial charge in [0.05, 0.1) is 0 Å². The molecule has 6 nitrogen and oxygen atoms in total. The van der Waals surface area contributed by atoms with Crippen molar-refractivity contribution in [3.8, 4) is 0 Å². The number of aliphatic imine (C=N–C) groups is 1. The molecule has 2 unspecified atom stereocenters. The Kier molecular flexibility index (Phi) is 3.98. The van der Waals surface area contributed by atoms with Gasteiger partial charge < -0.3 is 5.73 Å². The van der Waals surface area contributed by atoms with E-state index in [1.807, 2.05) is 0 Å². The van der Waals surface area contributed by atoms with E-state index < -0.39 is 5.79 Å². The highest BCUT2D eigenvalue weighted by molar-refractivity contribution is 5.79. The molecule has 0 radical (unpaired) electrons. The van der Waals surface area contributed by atoms with Crippen LogP contribution in [0, 0.1) is 0 Å². The van der Waals surface area contributed by atoms with Crippen molar-refractivity contribution in [3.63, 3.8) is 0 Å². The Bertz CT molecular complexity index is 657. The molecule has 1 saturated heterocycles. The lowest BCUT2D eigenvalue weighted by Gasteiger charge is -2.30. The maximum Gasteiger partial charge on any atom is 0.209 e. The number of nitrogens with one attached hydrogen (secondary N) is 2. The molecule has 0 spiro atoms. The van der Waals surface area contributed by atoms with Gasteiger partial charge in [-0.3, -0.25) is 16.1 Å². The predicted octanol–water partition coefficient (Wildman–Crippen LogP) is 0.910. The van der Waals surface area contributed by atoms with Gasteiger partial charge in [0, 0.05) is 17.6 Å². The summed E-state index contributed by atoms with van der Waals surface area (Å²) in [5.41, 5.74) is 21.6. The molecule has 0 saturated carbocycles. The number of nitrogens with zero attached hydrogens (tertiary/aromatic N) is 2. The number of benzene rings is 1. The van der Waals surface area contributed by atoms with Crippen molar-refractivity contribution >= 4 is 5.96 Å². The van der Waals surface area contributed by atoms with Crippen LogP contribution in [-0.4, -0.2) is 29.5 Å². The van der Waals surface area contributed by atoms with Crippen LogP contribution < -0.4 is 22.3 Å². The van der Waals surface area contributed by atoms with Gasteiger partial charge in [0.15, 0.2) is 0 Å². The molecule has 2 heterocycles. The first-order valence-corrected chi connectivity index (χ1v) is 9.10. The van der Waals surface area contributed by atoms with E-state index >= 15 is 0 Å². The number of guanidine groups is 1. The van der Waals surface area contributed by atoms with Crippen LogP contribution in [0.3, 0.4) is 0 Å². The normalized spacial score (nSPS) is 33.7. The second-order valence-corrected chi connectivity index (χ2v) is 7.46. The van der Waals surface area contributed by atoms with Crippen molar-refractivity contribution in [2.75, 3.05) is 6.54 Å². The number of likely N-dealkylation sites (tertiary alicyclic amines) is 1. The molecule has 0 aromatic heterocycles. The number of nitrogens with two attached hydrogens (primary N) is 2. The Balaban J connectivity index is 1.54. The fraction of sp³-hybridized carbons (Fsp3) is 0.611. The van der Waals surface area contributed by atoms with Crippen LogP contribution in [0.2, 0.25) is 0 Å². The molecule has 1 aromatic rings. The standard InChI is InChI=1S/C18H28N6/c1-12-3-2-10-24(12)16-8-5-13-4-7-15(11-14(13)6-9-16)18(20)21-17(19)22-23-18/h4,7,11-12,16,23H,2-3,5-6,8-10,20H2,1H3,(H3,19,21,22)/t12-,16?,18?/m0/s1. The summed E-state index contributed by atoms with van der Waals surface area (Å²) in [5.74, 6) is -0.635. The van der Waals surface area contributed by atoms with Gasteiger partial charge >= 0.3 is 0 Å². The first-order chi connectivity index (χ1) is 11.5. The molecule has 4 rings (SSSR count). The fourth-order valence-electron chi connectivity index (χ4n) is 4.50. The Morgan fingerprint density at radius 2 is 2.00 bits per heavy atom. The number of hydrazine groups is 1. The van der Waals surface area contributed by atoms with Gasteiger partial charge in [0.2, 0.25) is 11.7 Å². The van der Waals surface area contributed by atoms with E-state index in [9.17, 15) is 0 Å². The van der Waals surface area contributed by atoms with Crippen molar-refractivity contribution in [2.24, 2.45) is 16.5 Å². The van der Waals surface area contributed by atoms with Crippen LogP contribution in [0.15, 0.2) is 23.2 Å². The van der Waals surface area contributed by atoms with Crippen molar-refractivity contribution < 1.29 is 0 Å². The lowest BCUT2D eigenvalue weighted by atomic mass is 9.97. The van der Waals surface area contributed by atoms with Crippen molar-refractivity contribution in [3.05, 3.63) is 34.9 Å². The summed E-state index contributed by atoms with van der Waals surface area (Å²) in [6.07, 6.45) is 7.45. The third kappa shape index (κ3) is 2.79. The van der Waals surface area contributed by atoms with Crippen LogP contribution >= 0.6 is 0 Å². The van der Waals surface area contributed by atoms with E-state index in [0.717, 1.165) is 24.4 Å². The lowest BCUT2D eigenvalue weighted by Crippen LogP contribution is -2.50. The number of hydrogen-bond acceptors (Lipinski definition) is 6. The van der Waals surface area contributed by atoms with E-state index in [1.165, 1.54) is 43.4 Å². The highest BCUT2D eigenvalue weighted by Crippen LogP contribution is 2.30. The topological polar surface area (TPSA) is 91.7 Å². The number of hydrogen-bond donors (Lipinski definition) is 4. The summed E-state index contributed by atoms with van der Waals surface area (Å²) < 4.78 is 0. The van der Waals surface area contributed by atoms with Crippen molar-refractivity contribution in [2.45, 2.75) is 63.3 Å². The van der Waals surface area contributed by atoms with E-state index in [1.54, 1.807) is 0 Å². The first kappa shape index (κ1) is 15.9. The lowest BCUT2D eigenvalue weighted by molar-refractivity contribution is 0.174. The molecule has 2 aliphatic heterocycles. The number of aryl methyl sites for hydroxylation is 2. The van der Waals surface area contributed by atoms with Crippen molar-refractivity contribution in [1.29, 1.82) is 0 Å². The van der Waals surface area contributed by atoms with Crippen molar-refractivity contribution in [1.82, 2.24) is 15.8 Å². The molecule has 3 aliphatic rings. The van der Waals surface area contributed by atoms with E-state index in [-0.39, 0.29) is 0 Å². The zero-order valence-corrected chi connectivity index (χ0v) is 14.4. The molecule has 130 valence electrons. The monoisotopic (exact) mass is 328 g/mol. The average molecular weight is 328 g/mol. The van der Waals surface area contributed by atoms with E-state index in [4.69, 9.17) is 11.5 Å². The van der Waals surface area contributed by atoms with Gasteiger partial charge in [-0.25, -0.2) is 4.99 Å². The second-order valence-electron chi connectivity index (χ2n) is 7.46. The minimum absolute atomic E-state index is 0.329. The summed E-state index contributed by atoms with van der Waals surface area (Å²) in [6.45, 7) is 3.64. The second kappa shape index (κ2) is 6.02. The molecule has 6 N–H and O–H groups in total. The molecule has 1 aliphatic carbocycles. The van der Waals surface area contributed by atoms with Crippen LogP contribution in [-0.2, 0) is 18.6 Å². The third-order valence-corrected chi connectivity index (χ3v) is 5.89. The third-order valence-electron chi connectivity index (χ3n) is 5.89. The minimum Gasteiger partial charge on any atom is -0.369 e. The maximum atomic E-state index is 6.34. The van der Waals surface area contributed by atoms with Gasteiger partial charge in [-0.05, 0) is 63.1 Å². The Hall–Kier alpha value is -1.63. The van der Waals surface area contributed by atoms with Gasteiger partial charge in [-0.2, -0.15) is 5.43 Å². The molecular weight excluding hydrogens is 300 g/mol. The quantitative estimate of drug-likeness (QED) is 0.606. The first-order valence-electron chi connectivity index (χ1n) is 9.10. The summed E-state index contributed by atoms with van der Waals surface area (Å²) in [6, 6.07) is 7.96. The summed E-state index contributed by atoms with van der Waals surface area (Å²) in [4.78, 5) is 7.02. The molecular formula is C18H28N6. The SMILES string of the molecule is C[C@H]1CCCN1C1CCc2ccc(C3(N)N=C(N)NN3)cc2CC1. The molecule has 0 bridgehead atoms. The van der Waals surface area contributed by atoms with Gasteiger partial charge in [-0.15, -0.1) is 0 Å². The summed E-state index contributed by atoms with van der Waals surface area (Å²) >= 11 is 0. The predicted molar refractivity (Wildman–Crippen MR) is 96.0 cm³/mol. The minimum atomic E-state index is -0.964. The average Bonchev–Trinajstić information content (AvgIpc) is 3.07. The van der Waals surface area contributed by atoms with E-state index in [2.05, 4.69) is 45.9 Å². The molecule has 24 heavy (non-hydrogen) atoms. The Morgan fingerprint density at radius 3 is 2.67 bits per heavy atom. The largest absolute Gasteiger partial charge is 0.369 e. The van der Waals surface area contributed by atoms with Crippen LogP contribution in [0.4, 0.5) is 0 Å². The highest BCUT2D eigenvalue weighted by Gasteiger charge is 2.33. The molecule has 6 heteroatoms. The zero-order valence-electron chi connectivity index (χ0n) is 14.4. The van der Waals surface area contributed by atoms with Gasteiger partial charge in [0.1, 0.15) is 0 Å². The fourth-order valence-corrected chi connectivity index (χ4v) is 4.50. The Morgan fingerprint density at radius 1 is 1.21 bits per heavy atom. The molecule has 1 fully saturated rings. The van der Waals surface area contributed by atoms with Gasteiger partial charge in [0.25, 0.3) is 0 Å². The molecule has 0 amide bonds. The highest BCUT2D eigenvalue weighted by atomic mass is 15.6. The summed E-state index contributed by atoms with van der Waals surface area (Å²) in [7, 11) is 0. The van der Waals surface area contributed by atoms with Crippen LogP contribution in [0.5, 0.6) is 0 Å². The zero-order chi connectivity index (χ0) is 16.7. The molecule has 3 atom stereocenters. The molecule has 1 aromatic carbocycles. The smallest absolute Gasteiger partial charge is 0.209 e. The van der Waals surface area contributed by atoms with Crippen LogP contribution in [0.25, 0.3) is 0 Å². The van der Waals surface area contributed by atoms with Gasteiger partial charge in [-0.1, -0.05) is 18.2 Å². The number of fused-ring (bicyclic) bond motifs is 1. The van der Waals surface area contributed by atoms with E-state index in [0.29, 0.717) is 12.0 Å². The van der Waals surface area contributed by atoms with Crippen LogP contribution in [0.1, 0.15) is 49.3 Å². The number of rotatable bonds is 2.